The van der Waals surface area contributed by atoms with Crippen LogP contribution in [0.2, 0.25) is 10.0 Å². The van der Waals surface area contributed by atoms with E-state index >= 15 is 0 Å². The molecule has 0 unspecified atom stereocenters. The average Bonchev–Trinajstić information content (AvgIpc) is 3.13. The lowest BCUT2D eigenvalue weighted by molar-refractivity contribution is 0.0689. The second-order valence-electron chi connectivity index (χ2n) is 4.54. The molecule has 5 nitrogen and oxygen atoms in total. The molecule has 1 aromatic heterocycles. The highest BCUT2D eigenvalue weighted by atomic mass is 35.5. The third-order valence-corrected chi connectivity index (χ3v) is 3.63. The maximum absolute atomic E-state index is 13.4. The first-order chi connectivity index (χ1) is 9.49. The van der Waals surface area contributed by atoms with E-state index in [0.29, 0.717) is 11.4 Å². The summed E-state index contributed by atoms with van der Waals surface area (Å²) in [5, 5.41) is 16.3. The Labute approximate surface area is 122 Å². The number of benzene rings is 1. The first kappa shape index (κ1) is 13.3. The van der Waals surface area contributed by atoms with Crippen LogP contribution in [0.1, 0.15) is 34.9 Å². The molecule has 0 spiro atoms. The second kappa shape index (κ2) is 4.71. The predicted octanol–water partition coefficient (Wildman–Crippen LogP) is 3.29. The van der Waals surface area contributed by atoms with Crippen LogP contribution in [0.3, 0.4) is 0 Å². The van der Waals surface area contributed by atoms with Crippen LogP contribution >= 0.6 is 23.2 Å². The van der Waals surface area contributed by atoms with Crippen molar-refractivity contribution in [2.75, 3.05) is 0 Å². The summed E-state index contributed by atoms with van der Waals surface area (Å²) in [6.07, 6.45) is 1.74. The number of aromatic nitrogens is 3. The van der Waals surface area contributed by atoms with Gasteiger partial charge in [-0.15, -0.1) is 5.10 Å². The van der Waals surface area contributed by atoms with Crippen molar-refractivity contribution in [3.8, 4) is 5.69 Å². The van der Waals surface area contributed by atoms with E-state index < -0.39 is 11.8 Å². The Morgan fingerprint density at radius 2 is 1.95 bits per heavy atom. The molecule has 0 amide bonds. The average molecular weight is 316 g/mol. The van der Waals surface area contributed by atoms with Crippen molar-refractivity contribution in [1.29, 1.82) is 0 Å². The van der Waals surface area contributed by atoms with Gasteiger partial charge in [0, 0.05) is 5.92 Å². The summed E-state index contributed by atoms with van der Waals surface area (Å²) >= 11 is 11.5. The smallest absolute Gasteiger partial charge is 0.358 e. The fraction of sp³-hybridized carbons (Fsp3) is 0.250. The maximum Gasteiger partial charge on any atom is 0.358 e. The number of rotatable bonds is 3. The van der Waals surface area contributed by atoms with E-state index in [1.54, 1.807) is 0 Å². The molecule has 1 saturated carbocycles. The molecule has 1 aliphatic carbocycles. The fourth-order valence-corrected chi connectivity index (χ4v) is 2.50. The number of carboxylic acids is 1. The molecular formula is C12H8Cl2FN3O2. The third kappa shape index (κ3) is 2.14. The summed E-state index contributed by atoms with van der Waals surface area (Å²) in [5.41, 5.74) is 0.795. The number of carboxylic acid groups (broad SMARTS) is 1. The van der Waals surface area contributed by atoms with Gasteiger partial charge in [-0.1, -0.05) is 28.4 Å². The zero-order valence-electron chi connectivity index (χ0n) is 9.98. The van der Waals surface area contributed by atoms with Crippen molar-refractivity contribution in [2.45, 2.75) is 18.8 Å². The van der Waals surface area contributed by atoms with Crippen LogP contribution in [0.25, 0.3) is 5.69 Å². The van der Waals surface area contributed by atoms with Gasteiger partial charge in [0.15, 0.2) is 11.5 Å². The standard InChI is InChI=1S/C12H8Cl2FN3O2/c13-7-3-6(4-8(14)9(7)15)18-11(5-1-2-5)10(12(19)20)16-17-18/h3-5H,1-2H2,(H,19,20). The van der Waals surface area contributed by atoms with Crippen molar-refractivity contribution in [3.63, 3.8) is 0 Å². The molecule has 0 bridgehead atoms. The molecule has 2 aromatic rings. The van der Waals surface area contributed by atoms with Crippen LogP contribution in [0.5, 0.6) is 0 Å². The van der Waals surface area contributed by atoms with E-state index in [1.807, 2.05) is 0 Å². The molecule has 0 aliphatic heterocycles. The SMILES string of the molecule is O=C(O)c1nnn(-c2cc(Cl)c(F)c(Cl)c2)c1C1CC1. The zero-order valence-corrected chi connectivity index (χ0v) is 11.5. The highest BCUT2D eigenvalue weighted by molar-refractivity contribution is 6.35. The second-order valence-corrected chi connectivity index (χ2v) is 5.35. The number of hydrogen-bond donors (Lipinski definition) is 1. The lowest BCUT2D eigenvalue weighted by atomic mass is 10.2. The van der Waals surface area contributed by atoms with Gasteiger partial charge in [-0.05, 0) is 25.0 Å². The van der Waals surface area contributed by atoms with Crippen molar-refractivity contribution in [3.05, 3.63) is 39.4 Å². The quantitative estimate of drug-likeness (QED) is 0.882. The Morgan fingerprint density at radius 3 is 2.45 bits per heavy atom. The van der Waals surface area contributed by atoms with Gasteiger partial charge in [0.1, 0.15) is 0 Å². The minimum Gasteiger partial charge on any atom is -0.476 e. The molecule has 0 saturated heterocycles. The van der Waals surface area contributed by atoms with Crippen LogP contribution in [0.15, 0.2) is 12.1 Å². The molecule has 0 atom stereocenters. The van der Waals surface area contributed by atoms with Crippen molar-refractivity contribution < 1.29 is 14.3 Å². The summed E-state index contributed by atoms with van der Waals surface area (Å²) < 4.78 is 14.8. The van der Waals surface area contributed by atoms with Gasteiger partial charge < -0.3 is 5.11 Å². The fourth-order valence-electron chi connectivity index (χ4n) is 2.02. The van der Waals surface area contributed by atoms with Gasteiger partial charge in [0.2, 0.25) is 0 Å². The van der Waals surface area contributed by atoms with Gasteiger partial charge in [-0.25, -0.2) is 13.9 Å². The highest BCUT2D eigenvalue weighted by Gasteiger charge is 2.34. The maximum atomic E-state index is 13.4. The van der Waals surface area contributed by atoms with E-state index in [9.17, 15) is 9.18 Å². The Bertz CT molecular complexity index is 690. The van der Waals surface area contributed by atoms with Gasteiger partial charge in [0.25, 0.3) is 0 Å². The number of halogens is 3. The van der Waals surface area contributed by atoms with Crippen LogP contribution in [0.4, 0.5) is 4.39 Å². The minimum absolute atomic E-state index is 0.0935. The first-order valence-electron chi connectivity index (χ1n) is 5.83. The molecule has 1 N–H and O–H groups in total. The molecular weight excluding hydrogens is 308 g/mol. The van der Waals surface area contributed by atoms with Crippen LogP contribution in [-0.2, 0) is 0 Å². The largest absolute Gasteiger partial charge is 0.476 e. The summed E-state index contributed by atoms with van der Waals surface area (Å²) in [6, 6.07) is 2.68. The van der Waals surface area contributed by atoms with E-state index in [2.05, 4.69) is 10.3 Å². The van der Waals surface area contributed by atoms with Crippen molar-refractivity contribution in [1.82, 2.24) is 15.0 Å². The van der Waals surface area contributed by atoms with Gasteiger partial charge in [-0.2, -0.15) is 0 Å². The number of nitrogens with zero attached hydrogens (tertiary/aromatic N) is 3. The van der Waals surface area contributed by atoms with E-state index in [4.69, 9.17) is 28.3 Å². The Kier molecular flexibility index (Phi) is 3.14. The summed E-state index contributed by atoms with van der Waals surface area (Å²) in [6.45, 7) is 0. The predicted molar refractivity (Wildman–Crippen MR) is 70.3 cm³/mol. The first-order valence-corrected chi connectivity index (χ1v) is 6.58. The van der Waals surface area contributed by atoms with Crippen LogP contribution in [-0.4, -0.2) is 26.1 Å². The van der Waals surface area contributed by atoms with E-state index in [-0.39, 0.29) is 21.7 Å². The summed E-state index contributed by atoms with van der Waals surface area (Å²) in [5.74, 6) is -1.76. The lowest BCUT2D eigenvalue weighted by Gasteiger charge is -2.08. The van der Waals surface area contributed by atoms with Crippen LogP contribution < -0.4 is 0 Å². The highest BCUT2D eigenvalue weighted by Crippen LogP contribution is 2.42. The topological polar surface area (TPSA) is 68.0 Å². The van der Waals surface area contributed by atoms with Gasteiger partial charge >= 0.3 is 5.97 Å². The van der Waals surface area contributed by atoms with E-state index in [0.717, 1.165) is 12.8 Å². The molecule has 3 rings (SSSR count). The molecule has 8 heteroatoms. The molecule has 1 fully saturated rings. The number of carbonyl (C=O) groups is 1. The van der Waals surface area contributed by atoms with Gasteiger partial charge in [-0.3, -0.25) is 0 Å². The third-order valence-electron chi connectivity index (χ3n) is 3.08. The molecule has 20 heavy (non-hydrogen) atoms. The molecule has 1 heterocycles. The Balaban J connectivity index is 2.17. The molecule has 1 aromatic carbocycles. The van der Waals surface area contributed by atoms with E-state index in [1.165, 1.54) is 16.8 Å². The van der Waals surface area contributed by atoms with Crippen molar-refractivity contribution >= 4 is 29.2 Å². The van der Waals surface area contributed by atoms with Crippen LogP contribution in [0, 0.1) is 5.82 Å². The summed E-state index contributed by atoms with van der Waals surface area (Å²) in [7, 11) is 0. The van der Waals surface area contributed by atoms with Gasteiger partial charge in [0.05, 0.1) is 21.4 Å². The Hall–Kier alpha value is -1.66. The molecule has 1 aliphatic rings. The monoisotopic (exact) mass is 315 g/mol. The minimum atomic E-state index is -1.14. The normalized spacial score (nSPS) is 14.6. The number of aromatic carboxylic acids is 1. The van der Waals surface area contributed by atoms with Crippen molar-refractivity contribution in [2.24, 2.45) is 0 Å². The Morgan fingerprint density at radius 1 is 1.35 bits per heavy atom. The molecule has 0 radical (unpaired) electrons. The number of hydrogen-bond acceptors (Lipinski definition) is 3. The zero-order chi connectivity index (χ0) is 14.4. The lowest BCUT2D eigenvalue weighted by Crippen LogP contribution is -2.06. The summed E-state index contributed by atoms with van der Waals surface area (Å²) in [4.78, 5) is 11.2. The molecule has 104 valence electrons.